The Hall–Kier alpha value is -8.76. The number of benzene rings is 3. The topological polar surface area (TPSA) is 271 Å². The van der Waals surface area contributed by atoms with Crippen LogP contribution in [0.4, 0.5) is 52.7 Å². The van der Waals surface area contributed by atoms with E-state index in [9.17, 15) is 82.4 Å². The number of hydrogen-bond acceptors (Lipinski definition) is 18. The zero-order chi connectivity index (χ0) is 72.5. The number of ether oxygens (including phenoxy) is 3. The van der Waals surface area contributed by atoms with Gasteiger partial charge in [0.25, 0.3) is 0 Å². The van der Waals surface area contributed by atoms with Gasteiger partial charge in [-0.2, -0.15) is 54.8 Å². The van der Waals surface area contributed by atoms with Gasteiger partial charge in [-0.05, 0) is 111 Å². The summed E-state index contributed by atoms with van der Waals surface area (Å²) in [6.45, 7) is 10.4. The minimum absolute atomic E-state index is 0.0333. The molecule has 0 spiro atoms. The maximum Gasteiger partial charge on any atom is 0.433 e. The highest BCUT2D eigenvalue weighted by Gasteiger charge is 2.49. The van der Waals surface area contributed by atoms with E-state index in [1.165, 1.54) is 91.8 Å². The number of aliphatic hydroxyl groups is 3. The summed E-state index contributed by atoms with van der Waals surface area (Å²) in [6, 6.07) is 10.4. The molecule has 6 heterocycles. The van der Waals surface area contributed by atoms with E-state index in [4.69, 9.17) is 62.6 Å². The number of carbonyl (C=O) groups is 3. The van der Waals surface area contributed by atoms with Gasteiger partial charge in [0.15, 0.2) is 34.4 Å². The van der Waals surface area contributed by atoms with Crippen LogP contribution in [0, 0.1) is 17.5 Å². The minimum atomic E-state index is -4.94. The second-order valence-electron chi connectivity index (χ2n) is 23.1. The summed E-state index contributed by atoms with van der Waals surface area (Å²) in [5.41, 5.74) is -13.1. The molecule has 1 fully saturated rings. The first kappa shape index (κ1) is 75.0. The molecule has 3 N–H and O–H groups in total. The van der Waals surface area contributed by atoms with Gasteiger partial charge in [0.05, 0.1) is 116 Å². The predicted octanol–water partition coefficient (Wildman–Crippen LogP) is 15.6. The molecule has 0 aliphatic heterocycles. The zero-order valence-electron chi connectivity index (χ0n) is 52.4. The summed E-state index contributed by atoms with van der Waals surface area (Å²) in [5.74, 6) is -7.57. The molecule has 1 aliphatic rings. The Kier molecular flexibility index (Phi) is 22.2. The lowest BCUT2D eigenvalue weighted by Crippen LogP contribution is -2.43. The lowest BCUT2D eigenvalue weighted by Gasteiger charge is -2.41. The van der Waals surface area contributed by atoms with Gasteiger partial charge in [0.2, 0.25) is 0 Å². The normalized spacial score (nSPS) is 15.1. The largest absolute Gasteiger partial charge is 0.462 e. The molecular formula is C62H56Cl3F12N9O12. The van der Waals surface area contributed by atoms with E-state index < -0.39 is 162 Å². The van der Waals surface area contributed by atoms with Gasteiger partial charge in [0.1, 0.15) is 51.2 Å². The van der Waals surface area contributed by atoms with Crippen LogP contribution in [-0.4, -0.2) is 115 Å². The first-order chi connectivity index (χ1) is 45.6. The molecule has 9 aromatic rings. The number of hydrogen-bond donors (Lipinski definition) is 3. The number of alkyl halides is 9. The van der Waals surface area contributed by atoms with Crippen molar-refractivity contribution in [3.63, 3.8) is 0 Å². The first-order valence-electron chi connectivity index (χ1n) is 29.1. The van der Waals surface area contributed by atoms with E-state index in [0.717, 1.165) is 41.5 Å². The van der Waals surface area contributed by atoms with E-state index in [1.54, 1.807) is 0 Å². The van der Waals surface area contributed by atoms with E-state index in [2.05, 4.69) is 30.8 Å². The Bertz CT molecular complexity index is 4330. The van der Waals surface area contributed by atoms with Crippen LogP contribution in [0.2, 0.25) is 15.1 Å². The molecule has 21 nitrogen and oxygen atoms in total. The summed E-state index contributed by atoms with van der Waals surface area (Å²) in [6.07, 6.45) is -12.1. The van der Waals surface area contributed by atoms with Gasteiger partial charge in [-0.1, -0.05) is 68.5 Å². The number of aryl methyl sites for hydroxylation is 1. The van der Waals surface area contributed by atoms with Crippen molar-refractivity contribution in [2.24, 2.45) is 0 Å². The monoisotopic (exact) mass is 1450 g/mol. The third kappa shape index (κ3) is 16.3. The fourth-order valence-electron chi connectivity index (χ4n) is 10.2. The number of aromatic nitrogens is 9. The summed E-state index contributed by atoms with van der Waals surface area (Å²) >= 11 is 18.2. The van der Waals surface area contributed by atoms with Crippen molar-refractivity contribution < 1.29 is 110 Å². The highest BCUT2D eigenvalue weighted by molar-refractivity contribution is 6.34. The van der Waals surface area contributed by atoms with Gasteiger partial charge in [-0.3, -0.25) is 14.0 Å². The van der Waals surface area contributed by atoms with Crippen LogP contribution in [-0.2, 0) is 45.8 Å². The molecule has 0 amide bonds. The molecule has 3 aromatic carbocycles. The SMILES string of the molecule is CCOC(=O)c1c(-c2c(F)cccc2Cl)noc1-c1cnn(C2CC(C)(O)C2)c1C(F)(F)F.CCOC(=O)c1c(-c2c(F)cccc2Cl)noc1-c1cnn(CC(C)(C)O)c1C(F)(F)F.CCOC(=O)c1c(-c2c(F)cccc2Cl)noc1-c1cnn(CCC(C)(C)O)c1C(F)(F)F. The number of halogens is 15. The molecule has 0 saturated heterocycles. The van der Waals surface area contributed by atoms with Crippen LogP contribution < -0.4 is 0 Å². The van der Waals surface area contributed by atoms with Crippen LogP contribution in [0.1, 0.15) is 129 Å². The molecule has 6 aromatic heterocycles. The highest BCUT2D eigenvalue weighted by atomic mass is 35.5. The molecule has 0 unspecified atom stereocenters. The second-order valence-corrected chi connectivity index (χ2v) is 24.4. The number of esters is 3. The lowest BCUT2D eigenvalue weighted by atomic mass is 9.77. The van der Waals surface area contributed by atoms with Crippen molar-refractivity contribution in [1.82, 2.24) is 44.8 Å². The fraction of sp³-hybridized carbons (Fsp3) is 0.371. The van der Waals surface area contributed by atoms with E-state index in [1.807, 2.05) is 0 Å². The minimum Gasteiger partial charge on any atom is -0.462 e. The third-order valence-corrected chi connectivity index (χ3v) is 15.2. The average molecular weight is 1450 g/mol. The quantitative estimate of drug-likeness (QED) is 0.0409. The summed E-state index contributed by atoms with van der Waals surface area (Å²) in [4.78, 5) is 38.1. The van der Waals surface area contributed by atoms with Gasteiger partial charge >= 0.3 is 36.4 Å². The zero-order valence-corrected chi connectivity index (χ0v) is 54.6. The van der Waals surface area contributed by atoms with Gasteiger partial charge in [-0.25, -0.2) is 27.6 Å². The van der Waals surface area contributed by atoms with E-state index >= 15 is 0 Å². The van der Waals surface area contributed by atoms with Gasteiger partial charge in [0, 0.05) is 6.54 Å². The first-order valence-corrected chi connectivity index (χ1v) is 30.2. The Labute approximate surface area is 561 Å². The number of nitrogens with zero attached hydrogens (tertiary/aromatic N) is 9. The molecule has 10 rings (SSSR count). The van der Waals surface area contributed by atoms with Crippen molar-refractivity contribution >= 4 is 52.7 Å². The Morgan fingerprint density at radius 2 is 0.867 bits per heavy atom. The van der Waals surface area contributed by atoms with Crippen LogP contribution in [0.25, 0.3) is 67.7 Å². The molecule has 36 heteroatoms. The fourth-order valence-corrected chi connectivity index (χ4v) is 11.0. The van der Waals surface area contributed by atoms with Crippen molar-refractivity contribution in [3.8, 4) is 67.7 Å². The van der Waals surface area contributed by atoms with E-state index in [-0.39, 0.29) is 83.1 Å². The Morgan fingerprint density at radius 1 is 0.541 bits per heavy atom. The van der Waals surface area contributed by atoms with Crippen molar-refractivity contribution in [2.45, 2.75) is 129 Å². The molecule has 0 atom stereocenters. The van der Waals surface area contributed by atoms with Crippen molar-refractivity contribution in [1.29, 1.82) is 0 Å². The maximum absolute atomic E-state index is 14.5. The highest BCUT2D eigenvalue weighted by Crippen LogP contribution is 2.49. The molecule has 526 valence electrons. The molecular weight excluding hydrogens is 1400 g/mol. The average Bonchev–Trinajstić information content (AvgIpc) is 1.59. The maximum atomic E-state index is 14.5. The van der Waals surface area contributed by atoms with Crippen molar-refractivity contribution in [2.75, 3.05) is 19.8 Å². The van der Waals surface area contributed by atoms with Crippen LogP contribution in [0.3, 0.4) is 0 Å². The Balaban J connectivity index is 0.000000188. The molecule has 1 saturated carbocycles. The Morgan fingerprint density at radius 3 is 1.17 bits per heavy atom. The van der Waals surface area contributed by atoms with Gasteiger partial charge < -0.3 is 43.1 Å². The van der Waals surface area contributed by atoms with Crippen LogP contribution in [0.15, 0.2) is 86.8 Å². The molecule has 98 heavy (non-hydrogen) atoms. The van der Waals surface area contributed by atoms with Crippen molar-refractivity contribution in [3.05, 3.63) is 139 Å². The van der Waals surface area contributed by atoms with E-state index in [0.29, 0.717) is 9.36 Å². The van der Waals surface area contributed by atoms with Gasteiger partial charge in [-0.15, -0.1) is 0 Å². The molecule has 1 aliphatic carbocycles. The smallest absolute Gasteiger partial charge is 0.433 e. The molecule has 0 bridgehead atoms. The second kappa shape index (κ2) is 29.0. The van der Waals surface area contributed by atoms with Crippen LogP contribution >= 0.6 is 34.8 Å². The predicted molar refractivity (Wildman–Crippen MR) is 323 cm³/mol. The van der Waals surface area contributed by atoms with Crippen LogP contribution in [0.5, 0.6) is 0 Å². The number of rotatable bonds is 18. The molecule has 0 radical (unpaired) electrons. The lowest BCUT2D eigenvalue weighted by molar-refractivity contribution is -0.148. The standard InChI is InChI=1S/C21H18ClF4N3O4.C21H20ClF4N3O4.C20H18ClF4N3O4/c1-3-32-19(30)15-16(14-12(22)5-4-6-13(14)23)28-33-17(15)11-9-27-29(18(11)21(24,25)26)10-7-20(2,31)8-10;1-4-32-19(30)15-16(14-12(22)6-5-7-13(14)23)28-33-17(15)11-10-27-29(9-8-20(2,3)31)18(11)21(24,25)26;1-4-31-18(29)14-15(13-11(21)6-5-7-12(13)22)27-32-16(14)10-8-26-28(9-19(2,3)30)17(10)20(23,24)25/h4-6,9-10,31H,3,7-8H2,1-2H3;5-7,10,31H,4,8-9H2,1-3H3;5-8,30H,4,9H2,1-3H3. The summed E-state index contributed by atoms with van der Waals surface area (Å²) in [5, 5.41) is 51.8. The summed E-state index contributed by atoms with van der Waals surface area (Å²) in [7, 11) is 0. The number of carbonyl (C=O) groups excluding carboxylic acids is 3. The third-order valence-electron chi connectivity index (χ3n) is 14.3. The summed E-state index contributed by atoms with van der Waals surface area (Å²) < 4.78 is 202.